The van der Waals surface area contributed by atoms with E-state index >= 15 is 0 Å². The van der Waals surface area contributed by atoms with Crippen LogP contribution in [0.2, 0.25) is 0 Å². The minimum Gasteiger partial charge on any atom is -0.365 e. The van der Waals surface area contributed by atoms with Crippen molar-refractivity contribution >= 4 is 30.6 Å². The average molecular weight is 296 g/mol. The highest BCUT2D eigenvalue weighted by Gasteiger charge is 2.03. The lowest BCUT2D eigenvalue weighted by Gasteiger charge is -2.02. The molecule has 0 atom stereocenters. The molecule has 0 aliphatic carbocycles. The lowest BCUT2D eigenvalue weighted by atomic mass is 10.1. The molecule has 0 fully saturated rings. The smallest absolute Gasteiger partial charge is 0.160 e. The zero-order valence-electron chi connectivity index (χ0n) is 12.4. The van der Waals surface area contributed by atoms with Gasteiger partial charge in [-0.1, -0.05) is 11.7 Å². The molecule has 0 unspecified atom stereocenters. The Hall–Kier alpha value is -3.09. The Morgan fingerprint density at radius 1 is 1.23 bits per heavy atom. The van der Waals surface area contributed by atoms with Gasteiger partial charge in [-0.25, -0.2) is 9.97 Å². The molecule has 2 aromatic rings. The fourth-order valence-corrected chi connectivity index (χ4v) is 1.67. The molecule has 112 valence electrons. The Bertz CT molecular complexity index is 729. The summed E-state index contributed by atoms with van der Waals surface area (Å²) >= 11 is 0. The number of hydrogen-bond acceptors (Lipinski definition) is 6. The average Bonchev–Trinajstić information content (AvgIpc) is 2.99. The second-order valence-corrected chi connectivity index (χ2v) is 4.15. The van der Waals surface area contributed by atoms with Gasteiger partial charge in [0.2, 0.25) is 0 Å². The van der Waals surface area contributed by atoms with Gasteiger partial charge in [-0.15, -0.1) is 10.2 Å². The van der Waals surface area contributed by atoms with Crippen molar-refractivity contribution in [1.82, 2.24) is 24.7 Å². The summed E-state index contributed by atoms with van der Waals surface area (Å²) in [6.07, 6.45) is 13.1. The molecule has 7 nitrogen and oxygen atoms in total. The standard InChI is InChI=1S/C15H16N6O/c1-4-19-22-9-8-14-12(3)13(16-10-17-14)6-7-15-20-18-11-21(15)5-2/h4-11H,2H2,1,3H3/b7-6+,9-8+,19-4+. The predicted molar refractivity (Wildman–Crippen MR) is 86.4 cm³/mol. The molecule has 0 saturated carbocycles. The van der Waals surface area contributed by atoms with E-state index in [0.717, 1.165) is 17.0 Å². The summed E-state index contributed by atoms with van der Waals surface area (Å²) in [7, 11) is 0. The molecule has 2 aromatic heterocycles. The molecule has 0 aliphatic rings. The maximum Gasteiger partial charge on any atom is 0.160 e. The van der Waals surface area contributed by atoms with Crippen molar-refractivity contribution in [2.45, 2.75) is 13.8 Å². The lowest BCUT2D eigenvalue weighted by molar-refractivity contribution is 0.273. The van der Waals surface area contributed by atoms with Crippen LogP contribution in [0.1, 0.15) is 29.7 Å². The first kappa shape index (κ1) is 15.3. The van der Waals surface area contributed by atoms with E-state index in [9.17, 15) is 0 Å². The molecule has 2 rings (SSSR count). The Kier molecular flexibility index (Phi) is 5.31. The van der Waals surface area contributed by atoms with E-state index in [0.29, 0.717) is 5.82 Å². The van der Waals surface area contributed by atoms with E-state index in [1.165, 1.54) is 12.6 Å². The maximum atomic E-state index is 4.91. The summed E-state index contributed by atoms with van der Waals surface area (Å²) in [6.45, 7) is 7.39. The van der Waals surface area contributed by atoms with Gasteiger partial charge in [0.15, 0.2) is 5.82 Å². The molecule has 0 N–H and O–H groups in total. The van der Waals surface area contributed by atoms with E-state index < -0.39 is 0 Å². The van der Waals surface area contributed by atoms with Crippen LogP contribution in [0.4, 0.5) is 0 Å². The Labute approximate surface area is 128 Å². The van der Waals surface area contributed by atoms with E-state index in [2.05, 4.69) is 31.9 Å². The minimum atomic E-state index is 0.672. The van der Waals surface area contributed by atoms with Crippen molar-refractivity contribution in [2.24, 2.45) is 5.16 Å². The van der Waals surface area contributed by atoms with Crippen LogP contribution in [0.15, 0.2) is 30.7 Å². The van der Waals surface area contributed by atoms with Crippen molar-refractivity contribution in [2.75, 3.05) is 0 Å². The molecule has 0 radical (unpaired) electrons. The quantitative estimate of drug-likeness (QED) is 0.465. The summed E-state index contributed by atoms with van der Waals surface area (Å²) in [5.41, 5.74) is 2.46. The fraction of sp³-hybridized carbons (Fsp3) is 0.133. The molecular weight excluding hydrogens is 280 g/mol. The van der Waals surface area contributed by atoms with Crippen molar-refractivity contribution in [3.05, 3.63) is 48.3 Å². The number of oxime groups is 1. The second-order valence-electron chi connectivity index (χ2n) is 4.15. The number of hydrogen-bond donors (Lipinski definition) is 0. The first-order valence-electron chi connectivity index (χ1n) is 6.58. The summed E-state index contributed by atoms with van der Waals surface area (Å²) in [6, 6.07) is 0. The van der Waals surface area contributed by atoms with E-state index in [1.807, 2.05) is 19.1 Å². The van der Waals surface area contributed by atoms with E-state index in [4.69, 9.17) is 4.84 Å². The second kappa shape index (κ2) is 7.63. The Morgan fingerprint density at radius 3 is 2.73 bits per heavy atom. The van der Waals surface area contributed by atoms with Gasteiger partial charge in [-0.2, -0.15) is 0 Å². The molecule has 7 heteroatoms. The molecule has 0 amide bonds. The summed E-state index contributed by atoms with van der Waals surface area (Å²) < 4.78 is 1.71. The first-order valence-corrected chi connectivity index (χ1v) is 6.58. The van der Waals surface area contributed by atoms with Crippen molar-refractivity contribution in [3.8, 4) is 0 Å². The third kappa shape index (κ3) is 3.72. The molecule has 0 bridgehead atoms. The fourth-order valence-electron chi connectivity index (χ4n) is 1.67. The third-order valence-corrected chi connectivity index (χ3v) is 2.80. The van der Waals surface area contributed by atoms with Gasteiger partial charge < -0.3 is 4.84 Å². The maximum absolute atomic E-state index is 4.91. The Balaban J connectivity index is 2.21. The van der Waals surface area contributed by atoms with Crippen molar-refractivity contribution in [1.29, 1.82) is 0 Å². The topological polar surface area (TPSA) is 78.1 Å². The number of nitrogens with zero attached hydrogens (tertiary/aromatic N) is 6. The molecule has 22 heavy (non-hydrogen) atoms. The van der Waals surface area contributed by atoms with Crippen LogP contribution < -0.4 is 0 Å². The largest absolute Gasteiger partial charge is 0.365 e. The molecule has 0 spiro atoms. The van der Waals surface area contributed by atoms with E-state index in [1.54, 1.807) is 36.3 Å². The highest BCUT2D eigenvalue weighted by atomic mass is 16.6. The first-order chi connectivity index (χ1) is 10.8. The van der Waals surface area contributed by atoms with Gasteiger partial charge >= 0.3 is 0 Å². The minimum absolute atomic E-state index is 0.672. The van der Waals surface area contributed by atoms with Crippen LogP contribution in [0.5, 0.6) is 0 Å². The van der Waals surface area contributed by atoms with Crippen LogP contribution in [-0.2, 0) is 4.84 Å². The van der Waals surface area contributed by atoms with Crippen LogP contribution in [-0.4, -0.2) is 30.9 Å². The zero-order chi connectivity index (χ0) is 15.8. The van der Waals surface area contributed by atoms with Crippen LogP contribution in [0.25, 0.3) is 24.4 Å². The zero-order valence-corrected chi connectivity index (χ0v) is 12.4. The SMILES string of the molecule is C=Cn1cnnc1/C=C/c1ncnc(/C=C/O/N=C/C)c1C. The van der Waals surface area contributed by atoms with Crippen LogP contribution in [0, 0.1) is 6.92 Å². The van der Waals surface area contributed by atoms with Gasteiger partial charge in [-0.05, 0) is 26.0 Å². The third-order valence-electron chi connectivity index (χ3n) is 2.80. The van der Waals surface area contributed by atoms with Gasteiger partial charge in [0.25, 0.3) is 0 Å². The van der Waals surface area contributed by atoms with Crippen molar-refractivity contribution in [3.63, 3.8) is 0 Å². The summed E-state index contributed by atoms with van der Waals surface area (Å²) in [4.78, 5) is 13.4. The van der Waals surface area contributed by atoms with Gasteiger partial charge in [0.05, 0.1) is 11.4 Å². The molecule has 0 saturated heterocycles. The van der Waals surface area contributed by atoms with Gasteiger partial charge in [0.1, 0.15) is 18.9 Å². The van der Waals surface area contributed by atoms with Crippen LogP contribution in [0.3, 0.4) is 0 Å². The predicted octanol–water partition coefficient (Wildman–Crippen LogP) is 2.64. The van der Waals surface area contributed by atoms with Gasteiger partial charge in [0, 0.05) is 24.1 Å². The highest BCUT2D eigenvalue weighted by Crippen LogP contribution is 2.13. The Morgan fingerprint density at radius 2 is 2.00 bits per heavy atom. The molecule has 2 heterocycles. The summed E-state index contributed by atoms with van der Waals surface area (Å²) in [5, 5.41) is 11.4. The highest BCUT2D eigenvalue weighted by molar-refractivity contribution is 5.68. The van der Waals surface area contributed by atoms with Crippen molar-refractivity contribution < 1.29 is 4.84 Å². The normalized spacial score (nSPS) is 11.7. The number of rotatable bonds is 6. The van der Waals surface area contributed by atoms with Gasteiger partial charge in [-0.3, -0.25) is 4.57 Å². The molecule has 0 aliphatic heterocycles. The van der Waals surface area contributed by atoms with E-state index in [-0.39, 0.29) is 0 Å². The monoisotopic (exact) mass is 296 g/mol. The van der Waals surface area contributed by atoms with Crippen LogP contribution >= 0.6 is 0 Å². The summed E-state index contributed by atoms with van der Waals surface area (Å²) in [5.74, 6) is 0.672. The molecular formula is C15H16N6O. The number of aromatic nitrogens is 5. The lowest BCUT2D eigenvalue weighted by Crippen LogP contribution is -1.94. The molecule has 0 aromatic carbocycles.